The van der Waals surface area contributed by atoms with E-state index in [1.54, 1.807) is 7.11 Å². The van der Waals surface area contributed by atoms with Crippen LogP contribution in [-0.2, 0) is 6.42 Å². The minimum Gasteiger partial charge on any atom is -0.497 e. The number of hydrogen-bond acceptors (Lipinski definition) is 1. The first-order valence-corrected chi connectivity index (χ1v) is 7.29. The Kier molecular flexibility index (Phi) is 2.00. The maximum atomic E-state index is 5.45. The standard InChI is InChI=1S/C20H14O/c1-21-16-10-13-6-7-18-17-5-3-2-4-12(17)8-14-9-15(11-16)19(13)20(14)18/h2-8,10-11H,9H2,1H3. The summed E-state index contributed by atoms with van der Waals surface area (Å²) in [6.07, 6.45) is 1.01. The maximum Gasteiger partial charge on any atom is 0.119 e. The van der Waals surface area contributed by atoms with Gasteiger partial charge in [-0.15, -0.1) is 0 Å². The second-order valence-electron chi connectivity index (χ2n) is 5.81. The second kappa shape index (κ2) is 3.76. The van der Waals surface area contributed by atoms with Crippen molar-refractivity contribution in [1.29, 1.82) is 0 Å². The molecule has 0 amide bonds. The van der Waals surface area contributed by atoms with Crippen LogP contribution in [0.1, 0.15) is 11.1 Å². The van der Waals surface area contributed by atoms with Crippen molar-refractivity contribution in [1.82, 2.24) is 0 Å². The predicted molar refractivity (Wildman–Crippen MR) is 88.3 cm³/mol. The Balaban J connectivity index is 2.04. The molecule has 0 aromatic heterocycles. The molecule has 0 N–H and O–H groups in total. The van der Waals surface area contributed by atoms with Gasteiger partial charge in [0, 0.05) is 0 Å². The van der Waals surface area contributed by atoms with Crippen LogP contribution in [0, 0.1) is 0 Å². The van der Waals surface area contributed by atoms with Gasteiger partial charge in [0.25, 0.3) is 0 Å². The van der Waals surface area contributed by atoms with Gasteiger partial charge in [-0.25, -0.2) is 0 Å². The monoisotopic (exact) mass is 270 g/mol. The number of ether oxygens (including phenoxy) is 1. The van der Waals surface area contributed by atoms with Gasteiger partial charge in [-0.3, -0.25) is 0 Å². The molecule has 5 rings (SSSR count). The van der Waals surface area contributed by atoms with Crippen molar-refractivity contribution in [3.8, 4) is 5.75 Å². The van der Waals surface area contributed by atoms with Crippen LogP contribution >= 0.6 is 0 Å². The second-order valence-corrected chi connectivity index (χ2v) is 5.81. The number of methoxy groups -OCH3 is 1. The van der Waals surface area contributed by atoms with E-state index in [0.717, 1.165) is 12.2 Å². The van der Waals surface area contributed by atoms with Crippen LogP contribution in [0.5, 0.6) is 5.75 Å². The summed E-state index contributed by atoms with van der Waals surface area (Å²) in [5.41, 5.74) is 2.83. The summed E-state index contributed by atoms with van der Waals surface area (Å²) in [6, 6.07) is 19.8. The van der Waals surface area contributed by atoms with E-state index in [1.165, 1.54) is 43.4 Å². The fourth-order valence-corrected chi connectivity index (χ4v) is 3.81. The molecule has 0 radical (unpaired) electrons. The van der Waals surface area contributed by atoms with Crippen LogP contribution in [0.2, 0.25) is 0 Å². The lowest BCUT2D eigenvalue weighted by Gasteiger charge is -2.08. The zero-order chi connectivity index (χ0) is 14.0. The summed E-state index contributed by atoms with van der Waals surface area (Å²) in [4.78, 5) is 0. The van der Waals surface area contributed by atoms with E-state index in [2.05, 4.69) is 54.6 Å². The van der Waals surface area contributed by atoms with E-state index in [-0.39, 0.29) is 0 Å². The highest BCUT2D eigenvalue weighted by Crippen LogP contribution is 2.42. The van der Waals surface area contributed by atoms with Gasteiger partial charge in [0.15, 0.2) is 0 Å². The molecule has 0 aliphatic heterocycles. The van der Waals surface area contributed by atoms with Gasteiger partial charge < -0.3 is 4.74 Å². The molecular formula is C20H14O. The van der Waals surface area contributed by atoms with Crippen LogP contribution in [0.3, 0.4) is 0 Å². The van der Waals surface area contributed by atoms with Gasteiger partial charge in [0.2, 0.25) is 0 Å². The fraction of sp³-hybridized carbons (Fsp3) is 0.100. The molecule has 0 atom stereocenters. The Labute approximate surface area is 122 Å². The van der Waals surface area contributed by atoms with E-state index >= 15 is 0 Å². The van der Waals surface area contributed by atoms with Gasteiger partial charge in [-0.05, 0) is 62.0 Å². The molecule has 0 fully saturated rings. The zero-order valence-electron chi connectivity index (χ0n) is 11.8. The zero-order valence-corrected chi connectivity index (χ0v) is 11.8. The SMILES string of the molecule is COc1cc2c3c(ccc4c5ccccc5cc(c43)C2)c1. The molecule has 0 saturated heterocycles. The molecule has 4 aromatic rings. The molecule has 21 heavy (non-hydrogen) atoms. The quantitative estimate of drug-likeness (QED) is 0.387. The highest BCUT2D eigenvalue weighted by molar-refractivity contribution is 6.21. The van der Waals surface area contributed by atoms with E-state index in [4.69, 9.17) is 4.74 Å². The lowest BCUT2D eigenvalue weighted by atomic mass is 9.97. The van der Waals surface area contributed by atoms with Crippen molar-refractivity contribution < 1.29 is 4.74 Å². The van der Waals surface area contributed by atoms with Gasteiger partial charge >= 0.3 is 0 Å². The highest BCUT2D eigenvalue weighted by atomic mass is 16.5. The Morgan fingerprint density at radius 2 is 1.62 bits per heavy atom. The minimum absolute atomic E-state index is 0.953. The lowest BCUT2D eigenvalue weighted by molar-refractivity contribution is 0.415. The van der Waals surface area contributed by atoms with Gasteiger partial charge in [0.05, 0.1) is 7.11 Å². The topological polar surface area (TPSA) is 9.23 Å². The van der Waals surface area contributed by atoms with Gasteiger partial charge in [-0.2, -0.15) is 0 Å². The van der Waals surface area contributed by atoms with Crippen LogP contribution in [0.15, 0.2) is 54.6 Å². The third-order valence-electron chi connectivity index (χ3n) is 4.69. The van der Waals surface area contributed by atoms with Crippen LogP contribution in [0.25, 0.3) is 32.3 Å². The number of rotatable bonds is 1. The summed E-state index contributed by atoms with van der Waals surface area (Å²) in [7, 11) is 1.74. The summed E-state index contributed by atoms with van der Waals surface area (Å²) in [6.45, 7) is 0. The third kappa shape index (κ3) is 1.36. The van der Waals surface area contributed by atoms with Crippen molar-refractivity contribution in [2.75, 3.05) is 7.11 Å². The molecule has 0 bridgehead atoms. The first kappa shape index (κ1) is 11.2. The normalized spacial score (nSPS) is 12.8. The molecule has 1 heteroatoms. The van der Waals surface area contributed by atoms with Crippen molar-refractivity contribution in [2.24, 2.45) is 0 Å². The van der Waals surface area contributed by atoms with Gasteiger partial charge in [0.1, 0.15) is 5.75 Å². The predicted octanol–water partition coefficient (Wildman–Crippen LogP) is 5.06. The summed E-state index contributed by atoms with van der Waals surface area (Å²) in [5, 5.41) is 8.18. The molecule has 0 saturated carbocycles. The summed E-state index contributed by atoms with van der Waals surface area (Å²) < 4.78 is 5.45. The Morgan fingerprint density at radius 3 is 2.52 bits per heavy atom. The van der Waals surface area contributed by atoms with Crippen LogP contribution in [-0.4, -0.2) is 7.11 Å². The molecular weight excluding hydrogens is 256 g/mol. The number of benzene rings is 4. The molecule has 1 aliphatic rings. The molecule has 0 spiro atoms. The van der Waals surface area contributed by atoms with Crippen molar-refractivity contribution in [3.63, 3.8) is 0 Å². The highest BCUT2D eigenvalue weighted by Gasteiger charge is 2.19. The van der Waals surface area contributed by atoms with Crippen LogP contribution < -0.4 is 4.74 Å². The van der Waals surface area contributed by atoms with E-state index < -0.39 is 0 Å². The number of fused-ring (bicyclic) bond motifs is 2. The van der Waals surface area contributed by atoms with Crippen LogP contribution in [0.4, 0.5) is 0 Å². The Bertz CT molecular complexity index is 1040. The molecule has 4 aromatic carbocycles. The largest absolute Gasteiger partial charge is 0.497 e. The molecule has 1 aliphatic carbocycles. The third-order valence-corrected chi connectivity index (χ3v) is 4.69. The minimum atomic E-state index is 0.953. The molecule has 0 unspecified atom stereocenters. The van der Waals surface area contributed by atoms with E-state index in [1.807, 2.05) is 0 Å². The lowest BCUT2D eigenvalue weighted by Crippen LogP contribution is -1.86. The van der Waals surface area contributed by atoms with Gasteiger partial charge in [-0.1, -0.05) is 42.5 Å². The molecule has 0 heterocycles. The average Bonchev–Trinajstić information content (AvgIpc) is 2.90. The first-order chi connectivity index (χ1) is 10.3. The van der Waals surface area contributed by atoms with Crippen molar-refractivity contribution in [2.45, 2.75) is 6.42 Å². The van der Waals surface area contributed by atoms with Crippen molar-refractivity contribution >= 4 is 32.3 Å². The molecule has 1 nitrogen and oxygen atoms in total. The first-order valence-electron chi connectivity index (χ1n) is 7.29. The fourth-order valence-electron chi connectivity index (χ4n) is 3.81. The summed E-state index contributed by atoms with van der Waals surface area (Å²) in [5.74, 6) is 0.953. The number of hydrogen-bond donors (Lipinski definition) is 0. The molecule has 100 valence electrons. The smallest absolute Gasteiger partial charge is 0.119 e. The maximum absolute atomic E-state index is 5.45. The average molecular weight is 270 g/mol. The summed E-state index contributed by atoms with van der Waals surface area (Å²) >= 11 is 0. The Hall–Kier alpha value is -2.54. The Morgan fingerprint density at radius 1 is 0.762 bits per heavy atom. The van der Waals surface area contributed by atoms with E-state index in [0.29, 0.717) is 0 Å². The van der Waals surface area contributed by atoms with Crippen molar-refractivity contribution in [3.05, 3.63) is 65.7 Å². The van der Waals surface area contributed by atoms with E-state index in [9.17, 15) is 0 Å².